The summed E-state index contributed by atoms with van der Waals surface area (Å²) in [4.78, 5) is 0. The van der Waals surface area contributed by atoms with Crippen molar-refractivity contribution in [1.82, 2.24) is 0 Å². The number of hydrogen-bond acceptors (Lipinski definition) is 3. The van der Waals surface area contributed by atoms with E-state index in [9.17, 15) is 5.11 Å². The molecule has 0 aliphatic carbocycles. The molecule has 1 heterocycles. The van der Waals surface area contributed by atoms with Crippen LogP contribution in [-0.4, -0.2) is 6.29 Å². The van der Waals surface area contributed by atoms with Gasteiger partial charge in [-0.15, -0.1) is 0 Å². The fourth-order valence-electron chi connectivity index (χ4n) is 0.766. The smallest absolute Gasteiger partial charge is 0.574 e. The number of allylic oxidation sites excluding steroid dienone is 1. The van der Waals surface area contributed by atoms with Gasteiger partial charge in [-0.3, -0.25) is 0 Å². The van der Waals surface area contributed by atoms with E-state index in [1.165, 1.54) is 0 Å². The maximum absolute atomic E-state index is 10.8. The van der Waals surface area contributed by atoms with E-state index < -0.39 is 6.29 Å². The van der Waals surface area contributed by atoms with Gasteiger partial charge in [-0.05, 0) is 6.92 Å². The van der Waals surface area contributed by atoms with Gasteiger partial charge in [0.25, 0.3) is 0 Å². The Kier molecular flexibility index (Phi) is 3.55. The second kappa shape index (κ2) is 3.63. The Balaban J connectivity index is 0.00000121. The van der Waals surface area contributed by atoms with E-state index in [4.69, 9.17) is 9.47 Å². The molecule has 0 fully saturated rings. The van der Waals surface area contributed by atoms with Gasteiger partial charge in [0.2, 0.25) is 0 Å². The molecule has 1 rings (SSSR count). The third-order valence-electron chi connectivity index (χ3n) is 1.49. The standard InChI is InChI=1S/C8H14O3.Li/c1-5-6(9)11-7(10-5)8(2,3)4;/h7,9H,1-4H3;/q;+1/p-1/t7-;/m0./s1. The van der Waals surface area contributed by atoms with Crippen LogP contribution in [0.4, 0.5) is 0 Å². The van der Waals surface area contributed by atoms with Crippen LogP contribution in [0.2, 0.25) is 0 Å². The van der Waals surface area contributed by atoms with Crippen molar-refractivity contribution >= 4 is 0 Å². The zero-order chi connectivity index (χ0) is 8.65. The Bertz CT molecular complexity index is 179. The first-order valence-corrected chi connectivity index (χ1v) is 3.62. The summed E-state index contributed by atoms with van der Waals surface area (Å²) in [5.74, 6) is 0.00912. The molecule has 4 heteroatoms. The zero-order valence-electron chi connectivity index (χ0n) is 8.30. The van der Waals surface area contributed by atoms with Gasteiger partial charge in [-0.2, -0.15) is 0 Å². The van der Waals surface area contributed by atoms with Crippen molar-refractivity contribution in [2.45, 2.75) is 34.0 Å². The van der Waals surface area contributed by atoms with Crippen molar-refractivity contribution in [3.8, 4) is 0 Å². The average molecular weight is 164 g/mol. The molecule has 0 saturated heterocycles. The van der Waals surface area contributed by atoms with Crippen LogP contribution in [0.1, 0.15) is 27.7 Å². The molecule has 1 atom stereocenters. The van der Waals surface area contributed by atoms with Gasteiger partial charge in [0.05, 0.1) is 5.95 Å². The zero-order valence-corrected chi connectivity index (χ0v) is 8.30. The second-order valence-corrected chi connectivity index (χ2v) is 3.78. The Labute approximate surface area is 84.9 Å². The minimum absolute atomic E-state index is 0. The number of ether oxygens (including phenoxy) is 2. The fraction of sp³-hybridized carbons (Fsp3) is 0.750. The molecule has 3 nitrogen and oxygen atoms in total. The van der Waals surface area contributed by atoms with Gasteiger partial charge in [0.1, 0.15) is 5.76 Å². The van der Waals surface area contributed by atoms with Crippen LogP contribution in [0.3, 0.4) is 0 Å². The van der Waals surface area contributed by atoms with E-state index in [2.05, 4.69) is 0 Å². The molecule has 1 aliphatic heterocycles. The van der Waals surface area contributed by atoms with Crippen molar-refractivity contribution in [1.29, 1.82) is 0 Å². The molecule has 0 aromatic rings. The van der Waals surface area contributed by atoms with Gasteiger partial charge in [0.15, 0.2) is 6.29 Å². The Morgan fingerprint density at radius 2 is 1.75 bits per heavy atom. The number of hydrogen-bond donors (Lipinski definition) is 0. The van der Waals surface area contributed by atoms with Crippen molar-refractivity contribution in [2.75, 3.05) is 0 Å². The van der Waals surface area contributed by atoms with Crippen LogP contribution in [0, 0.1) is 5.41 Å². The summed E-state index contributed by atoms with van der Waals surface area (Å²) in [5.41, 5.74) is -0.145. The minimum Gasteiger partial charge on any atom is -0.574 e. The van der Waals surface area contributed by atoms with Crippen LogP contribution >= 0.6 is 0 Å². The molecule has 12 heavy (non-hydrogen) atoms. The molecule has 0 amide bonds. The van der Waals surface area contributed by atoms with E-state index in [1.54, 1.807) is 6.92 Å². The Hall–Kier alpha value is -0.263. The van der Waals surface area contributed by atoms with E-state index in [-0.39, 0.29) is 30.2 Å². The largest absolute Gasteiger partial charge is 1.00 e. The van der Waals surface area contributed by atoms with Crippen LogP contribution in [0.25, 0.3) is 0 Å². The molecular formula is C8H13LiO3. The van der Waals surface area contributed by atoms with Crippen molar-refractivity contribution in [2.24, 2.45) is 5.41 Å². The van der Waals surface area contributed by atoms with Crippen molar-refractivity contribution in [3.05, 3.63) is 11.7 Å². The average Bonchev–Trinajstić information content (AvgIpc) is 2.11. The van der Waals surface area contributed by atoms with Crippen LogP contribution in [0.5, 0.6) is 0 Å². The first-order chi connectivity index (χ1) is 4.91. The Morgan fingerprint density at radius 3 is 1.92 bits per heavy atom. The molecule has 0 aromatic heterocycles. The summed E-state index contributed by atoms with van der Waals surface area (Å²) in [6.07, 6.45) is -0.421. The van der Waals surface area contributed by atoms with Gasteiger partial charge >= 0.3 is 18.9 Å². The van der Waals surface area contributed by atoms with Gasteiger partial charge in [-0.1, -0.05) is 20.8 Å². The summed E-state index contributed by atoms with van der Waals surface area (Å²) in [6, 6.07) is 0. The third kappa shape index (κ3) is 2.36. The van der Waals surface area contributed by atoms with Crippen molar-refractivity contribution in [3.63, 3.8) is 0 Å². The number of rotatable bonds is 0. The van der Waals surface area contributed by atoms with Gasteiger partial charge in [0, 0.05) is 5.41 Å². The monoisotopic (exact) mass is 164 g/mol. The van der Waals surface area contributed by atoms with Crippen molar-refractivity contribution < 1.29 is 33.4 Å². The maximum atomic E-state index is 10.8. The summed E-state index contributed by atoms with van der Waals surface area (Å²) in [6.45, 7) is 7.50. The predicted octanol–water partition coefficient (Wildman–Crippen LogP) is -2.04. The molecule has 0 N–H and O–H groups in total. The third-order valence-corrected chi connectivity index (χ3v) is 1.49. The van der Waals surface area contributed by atoms with Gasteiger partial charge in [-0.25, -0.2) is 0 Å². The normalized spacial score (nSPS) is 22.8. The van der Waals surface area contributed by atoms with E-state index in [0.717, 1.165) is 0 Å². The summed E-state index contributed by atoms with van der Waals surface area (Å²) < 4.78 is 10.1. The van der Waals surface area contributed by atoms with Crippen LogP contribution in [-0.2, 0) is 9.47 Å². The molecule has 1 aliphatic rings. The summed E-state index contributed by atoms with van der Waals surface area (Å²) >= 11 is 0. The molecule has 0 unspecified atom stereocenters. The van der Waals surface area contributed by atoms with Crippen LogP contribution < -0.4 is 24.0 Å². The molecule has 0 spiro atoms. The maximum Gasteiger partial charge on any atom is 1.00 e. The summed E-state index contributed by atoms with van der Waals surface area (Å²) in [5, 5.41) is 10.8. The summed E-state index contributed by atoms with van der Waals surface area (Å²) in [7, 11) is 0. The molecule has 0 bridgehead atoms. The minimum atomic E-state index is -0.421. The van der Waals surface area contributed by atoms with E-state index >= 15 is 0 Å². The molecular weight excluding hydrogens is 151 g/mol. The van der Waals surface area contributed by atoms with Crippen LogP contribution in [0.15, 0.2) is 11.7 Å². The van der Waals surface area contributed by atoms with E-state index in [0.29, 0.717) is 5.76 Å². The first kappa shape index (κ1) is 11.7. The molecule has 0 aromatic carbocycles. The Morgan fingerprint density at radius 1 is 1.25 bits per heavy atom. The molecule has 0 radical (unpaired) electrons. The first-order valence-electron chi connectivity index (χ1n) is 3.62. The molecule has 0 saturated carbocycles. The second-order valence-electron chi connectivity index (χ2n) is 3.78. The quantitative estimate of drug-likeness (QED) is 0.387. The molecule has 64 valence electrons. The topological polar surface area (TPSA) is 41.5 Å². The SMILES string of the molecule is CC1=C([O-])O[C@@H](C(C)(C)C)O1.[Li+]. The predicted molar refractivity (Wildman–Crippen MR) is 38.1 cm³/mol. The van der Waals surface area contributed by atoms with Gasteiger partial charge < -0.3 is 14.6 Å². The van der Waals surface area contributed by atoms with E-state index in [1.807, 2.05) is 20.8 Å². The fourth-order valence-corrected chi connectivity index (χ4v) is 0.766.